The molecule has 2 heterocycles. The topological polar surface area (TPSA) is 37.4 Å². The van der Waals surface area contributed by atoms with Gasteiger partial charge in [0.05, 0.1) is 0 Å². The van der Waals surface area contributed by atoms with E-state index in [9.17, 15) is 4.39 Å². The number of hydrogen-bond donors (Lipinski definition) is 1. The molecule has 1 fully saturated rings. The van der Waals surface area contributed by atoms with Gasteiger partial charge in [0.15, 0.2) is 0 Å². The fourth-order valence-electron chi connectivity index (χ4n) is 3.59. The molecule has 4 rings (SSSR count). The maximum absolute atomic E-state index is 13.8. The van der Waals surface area contributed by atoms with E-state index in [1.54, 1.807) is 12.1 Å². The lowest BCUT2D eigenvalue weighted by Gasteiger charge is -2.36. The van der Waals surface area contributed by atoms with Crippen LogP contribution < -0.4 is 10.1 Å². The van der Waals surface area contributed by atoms with Gasteiger partial charge in [0, 0.05) is 50.2 Å². The molecule has 3 aromatic rings. The highest BCUT2D eigenvalue weighted by atomic mass is 35.5. The molecular weight excluding hydrogens is 389 g/mol. The van der Waals surface area contributed by atoms with Crippen molar-refractivity contribution in [1.29, 1.82) is 0 Å². The summed E-state index contributed by atoms with van der Waals surface area (Å²) in [5, 5.41) is 3.48. The van der Waals surface area contributed by atoms with E-state index in [0.717, 1.165) is 31.9 Å². The highest BCUT2D eigenvalue weighted by molar-refractivity contribution is 5.85. The molecule has 1 aliphatic rings. The molecule has 2 aromatic carbocycles. The lowest BCUT2D eigenvalue weighted by molar-refractivity contribution is 0.153. The fourth-order valence-corrected chi connectivity index (χ4v) is 3.59. The molecule has 152 valence electrons. The average molecular weight is 414 g/mol. The van der Waals surface area contributed by atoms with Gasteiger partial charge in [0.25, 0.3) is 0 Å². The van der Waals surface area contributed by atoms with Gasteiger partial charge < -0.3 is 10.1 Å². The predicted octanol–water partition coefficient (Wildman–Crippen LogP) is 4.37. The van der Waals surface area contributed by atoms with Crippen molar-refractivity contribution >= 4 is 12.4 Å². The molecule has 6 heteroatoms. The van der Waals surface area contributed by atoms with Gasteiger partial charge in [-0.3, -0.25) is 9.88 Å². The van der Waals surface area contributed by atoms with Crippen LogP contribution in [-0.2, 0) is 13.2 Å². The van der Waals surface area contributed by atoms with Gasteiger partial charge in [-0.15, -0.1) is 12.4 Å². The van der Waals surface area contributed by atoms with E-state index in [0.29, 0.717) is 11.6 Å². The van der Waals surface area contributed by atoms with Crippen LogP contribution in [0.2, 0.25) is 0 Å². The number of piperazine rings is 1. The fraction of sp³-hybridized carbons (Fsp3) is 0.261. The molecule has 1 N–H and O–H groups in total. The minimum atomic E-state index is -0.236. The maximum atomic E-state index is 13.8. The van der Waals surface area contributed by atoms with Crippen molar-refractivity contribution in [3.63, 3.8) is 0 Å². The zero-order chi connectivity index (χ0) is 19.2. The van der Waals surface area contributed by atoms with Crippen molar-refractivity contribution in [2.45, 2.75) is 19.2 Å². The molecule has 1 atom stereocenters. The summed E-state index contributed by atoms with van der Waals surface area (Å²) in [6, 6.07) is 19.3. The Morgan fingerprint density at radius 3 is 2.72 bits per heavy atom. The Kier molecular flexibility index (Phi) is 7.58. The molecule has 0 spiro atoms. The number of benzene rings is 2. The van der Waals surface area contributed by atoms with Gasteiger partial charge in [-0.2, -0.15) is 0 Å². The number of pyridine rings is 1. The Morgan fingerprint density at radius 2 is 1.90 bits per heavy atom. The van der Waals surface area contributed by atoms with Crippen LogP contribution in [0.5, 0.6) is 5.75 Å². The van der Waals surface area contributed by atoms with Crippen LogP contribution in [0.15, 0.2) is 73.1 Å². The number of rotatable bonds is 6. The monoisotopic (exact) mass is 413 g/mol. The molecule has 1 aromatic heterocycles. The van der Waals surface area contributed by atoms with Crippen molar-refractivity contribution in [1.82, 2.24) is 15.2 Å². The molecule has 0 saturated carbocycles. The highest BCUT2D eigenvalue weighted by Crippen LogP contribution is 2.25. The number of nitrogens with zero attached hydrogens (tertiary/aromatic N) is 2. The lowest BCUT2D eigenvalue weighted by atomic mass is 10.0. The molecule has 0 bridgehead atoms. The molecule has 0 radical (unpaired) electrons. The van der Waals surface area contributed by atoms with E-state index < -0.39 is 0 Å². The second-order valence-electron chi connectivity index (χ2n) is 7.00. The minimum absolute atomic E-state index is 0. The van der Waals surface area contributed by atoms with E-state index in [-0.39, 0.29) is 24.8 Å². The first-order chi connectivity index (χ1) is 13.8. The summed E-state index contributed by atoms with van der Waals surface area (Å²) in [7, 11) is 0. The van der Waals surface area contributed by atoms with Crippen LogP contribution in [0.1, 0.15) is 22.7 Å². The maximum Gasteiger partial charge on any atom is 0.129 e. The third-order valence-electron chi connectivity index (χ3n) is 5.08. The predicted molar refractivity (Wildman–Crippen MR) is 115 cm³/mol. The lowest BCUT2D eigenvalue weighted by Crippen LogP contribution is -2.45. The molecule has 29 heavy (non-hydrogen) atoms. The van der Waals surface area contributed by atoms with Gasteiger partial charge in [-0.25, -0.2) is 4.39 Å². The van der Waals surface area contributed by atoms with Crippen molar-refractivity contribution in [3.8, 4) is 5.75 Å². The van der Waals surface area contributed by atoms with E-state index >= 15 is 0 Å². The van der Waals surface area contributed by atoms with E-state index in [1.807, 2.05) is 36.7 Å². The summed E-state index contributed by atoms with van der Waals surface area (Å²) >= 11 is 0. The smallest absolute Gasteiger partial charge is 0.129 e. The van der Waals surface area contributed by atoms with Crippen molar-refractivity contribution in [2.75, 3.05) is 19.6 Å². The van der Waals surface area contributed by atoms with Crippen LogP contribution in [0.25, 0.3) is 0 Å². The summed E-state index contributed by atoms with van der Waals surface area (Å²) in [6.45, 7) is 3.95. The number of halogens is 2. The zero-order valence-electron chi connectivity index (χ0n) is 16.1. The minimum Gasteiger partial charge on any atom is -0.489 e. The number of nitrogens with one attached hydrogen (secondary N) is 1. The summed E-state index contributed by atoms with van der Waals surface area (Å²) in [5.41, 5.74) is 3.02. The van der Waals surface area contributed by atoms with E-state index in [4.69, 9.17) is 4.74 Å². The SMILES string of the molecule is Cl.Fc1ccccc1COc1cccc(CN2CCNCC2c2ccncc2)c1. The number of hydrogen-bond acceptors (Lipinski definition) is 4. The standard InChI is InChI=1S/C23H24FN3O.ClH/c24-22-7-2-1-5-20(22)17-28-21-6-3-4-18(14-21)16-27-13-12-26-15-23(27)19-8-10-25-11-9-19;/h1-11,14,23,26H,12-13,15-17H2;1H. The van der Waals surface area contributed by atoms with Crippen molar-refractivity contribution < 1.29 is 9.13 Å². The van der Waals surface area contributed by atoms with Gasteiger partial charge >= 0.3 is 0 Å². The Morgan fingerprint density at radius 1 is 1.07 bits per heavy atom. The first-order valence-corrected chi connectivity index (χ1v) is 9.59. The third-order valence-corrected chi connectivity index (χ3v) is 5.08. The Labute approximate surface area is 177 Å². The summed E-state index contributed by atoms with van der Waals surface area (Å²) in [5.74, 6) is 0.524. The first kappa shape index (κ1) is 21.2. The van der Waals surface area contributed by atoms with Crippen LogP contribution in [0.3, 0.4) is 0 Å². The van der Waals surface area contributed by atoms with Crippen LogP contribution >= 0.6 is 12.4 Å². The summed E-state index contributed by atoms with van der Waals surface area (Å²) < 4.78 is 19.6. The van der Waals surface area contributed by atoms with Crippen molar-refractivity contribution in [3.05, 3.63) is 95.6 Å². The summed E-state index contributed by atoms with van der Waals surface area (Å²) in [6.07, 6.45) is 3.69. The normalized spacial score (nSPS) is 16.8. The molecule has 0 amide bonds. The second kappa shape index (κ2) is 10.3. The Bertz CT molecular complexity index is 909. The molecule has 1 saturated heterocycles. The summed E-state index contributed by atoms with van der Waals surface area (Å²) in [4.78, 5) is 6.60. The number of aromatic nitrogens is 1. The molecule has 4 nitrogen and oxygen atoms in total. The molecular formula is C23H25ClFN3O. The van der Waals surface area contributed by atoms with E-state index in [1.165, 1.54) is 17.2 Å². The van der Waals surface area contributed by atoms with Crippen molar-refractivity contribution in [2.24, 2.45) is 0 Å². The Balaban J connectivity index is 0.00000240. The van der Waals surface area contributed by atoms with Crippen LogP contribution in [-0.4, -0.2) is 29.5 Å². The second-order valence-corrected chi connectivity index (χ2v) is 7.00. The molecule has 1 aliphatic heterocycles. The van der Waals surface area contributed by atoms with E-state index in [2.05, 4.69) is 33.4 Å². The first-order valence-electron chi connectivity index (χ1n) is 9.59. The van der Waals surface area contributed by atoms with Gasteiger partial charge in [0.1, 0.15) is 18.2 Å². The highest BCUT2D eigenvalue weighted by Gasteiger charge is 2.23. The van der Waals surface area contributed by atoms with Crippen LogP contribution in [0, 0.1) is 5.82 Å². The largest absolute Gasteiger partial charge is 0.489 e. The average Bonchev–Trinajstić information content (AvgIpc) is 2.74. The molecule has 0 aliphatic carbocycles. The van der Waals surface area contributed by atoms with Gasteiger partial charge in [0.2, 0.25) is 0 Å². The van der Waals surface area contributed by atoms with Gasteiger partial charge in [-0.1, -0.05) is 30.3 Å². The van der Waals surface area contributed by atoms with Gasteiger partial charge in [-0.05, 0) is 41.5 Å². The quantitative estimate of drug-likeness (QED) is 0.651. The molecule has 1 unspecified atom stereocenters. The Hall–Kier alpha value is -2.47. The zero-order valence-corrected chi connectivity index (χ0v) is 16.9. The number of ether oxygens (including phenoxy) is 1. The van der Waals surface area contributed by atoms with Crippen LogP contribution in [0.4, 0.5) is 4.39 Å². The third kappa shape index (κ3) is 5.54.